The van der Waals surface area contributed by atoms with E-state index < -0.39 is 53.2 Å². The van der Waals surface area contributed by atoms with Gasteiger partial charge in [-0.2, -0.15) is 4.98 Å². The molecule has 16 heteroatoms. The molecule has 1 aliphatic heterocycles. The molecule has 0 spiro atoms. The van der Waals surface area contributed by atoms with Gasteiger partial charge in [0.25, 0.3) is 0 Å². The Bertz CT molecular complexity index is 1420. The Morgan fingerprint density at radius 2 is 1.86 bits per heavy atom. The summed E-state index contributed by atoms with van der Waals surface area (Å²) in [5, 5.41) is 24.5. The first kappa shape index (κ1) is 26.9. The van der Waals surface area contributed by atoms with Crippen molar-refractivity contribution in [1.29, 1.82) is 0 Å². The van der Waals surface area contributed by atoms with E-state index in [1.807, 2.05) is 6.92 Å². The van der Waals surface area contributed by atoms with Crippen LogP contribution in [0.2, 0.25) is 5.28 Å². The van der Waals surface area contributed by atoms with Crippen LogP contribution in [0.1, 0.15) is 24.8 Å². The largest absolute Gasteiger partial charge is 0.387 e. The third-order valence-electron chi connectivity index (χ3n) is 5.66. The molecule has 1 aliphatic rings. The maximum atomic E-state index is 13.3. The van der Waals surface area contributed by atoms with E-state index in [9.17, 15) is 27.6 Å². The van der Waals surface area contributed by atoms with Gasteiger partial charge in [-0.1, -0.05) is 12.1 Å². The van der Waals surface area contributed by atoms with Crippen molar-refractivity contribution in [2.45, 2.75) is 37.5 Å². The quantitative estimate of drug-likeness (QED) is 0.197. The van der Waals surface area contributed by atoms with Crippen LogP contribution in [0.25, 0.3) is 11.0 Å². The van der Waals surface area contributed by atoms with Crippen molar-refractivity contribution >= 4 is 45.9 Å². The molecule has 1 fully saturated rings. The molecule has 12 nitrogen and oxygen atoms in total. The first-order chi connectivity index (χ1) is 16.7. The standard InChI is InChI=1S/C20H23ClFN4O8PS/c1-10(11-2-4-12(22)5-3-11)23-17-13-6-7-26(18(13)25-20(21)24-17)19-16(28)15(27)14(34-19)8-36(32,33)9-35(29,30)31/h2-7,10,14-16,19,27-28H,8-9H2,1H3,(H,23,24,25)(H2,29,30,31)/t10?,14-,15-,16-,19-/m1/s1. The number of halogens is 2. The van der Waals surface area contributed by atoms with Gasteiger partial charge in [0.2, 0.25) is 5.28 Å². The summed E-state index contributed by atoms with van der Waals surface area (Å²) in [6.07, 6.45) is -4.49. The van der Waals surface area contributed by atoms with E-state index >= 15 is 0 Å². The number of hydrogen-bond acceptors (Lipinski definition) is 9. The Kier molecular flexibility index (Phi) is 7.43. The lowest BCUT2D eigenvalue weighted by Crippen LogP contribution is -2.35. The van der Waals surface area contributed by atoms with E-state index in [4.69, 9.17) is 26.1 Å². The average Bonchev–Trinajstić information content (AvgIpc) is 3.28. The van der Waals surface area contributed by atoms with E-state index in [-0.39, 0.29) is 22.8 Å². The minimum absolute atomic E-state index is 0.148. The van der Waals surface area contributed by atoms with Crippen LogP contribution in [0.15, 0.2) is 36.5 Å². The maximum Gasteiger partial charge on any atom is 0.340 e. The van der Waals surface area contributed by atoms with Gasteiger partial charge in [0.1, 0.15) is 35.6 Å². The molecule has 36 heavy (non-hydrogen) atoms. The van der Waals surface area contributed by atoms with Gasteiger partial charge in [-0.05, 0) is 42.3 Å². The van der Waals surface area contributed by atoms with Crippen molar-refractivity contribution in [3.63, 3.8) is 0 Å². The predicted molar refractivity (Wildman–Crippen MR) is 128 cm³/mol. The summed E-state index contributed by atoms with van der Waals surface area (Å²) in [6, 6.07) is 7.18. The van der Waals surface area contributed by atoms with Gasteiger partial charge in [-0.15, -0.1) is 0 Å². The molecule has 0 radical (unpaired) electrons. The summed E-state index contributed by atoms with van der Waals surface area (Å²) in [4.78, 5) is 26.4. The van der Waals surface area contributed by atoms with Crippen LogP contribution in [-0.4, -0.2) is 72.5 Å². The highest BCUT2D eigenvalue weighted by atomic mass is 35.5. The molecular formula is C20H23ClFN4O8PS. The first-order valence-electron chi connectivity index (χ1n) is 10.6. The van der Waals surface area contributed by atoms with E-state index in [1.165, 1.54) is 22.9 Å². The van der Waals surface area contributed by atoms with Crippen molar-refractivity contribution in [3.8, 4) is 0 Å². The number of benzene rings is 1. The second-order valence-corrected chi connectivity index (χ2v) is 13.0. The molecule has 3 aromatic rings. The normalized spacial score (nSPS) is 23.8. The molecule has 0 bridgehead atoms. The zero-order chi connectivity index (χ0) is 26.4. The second kappa shape index (κ2) is 9.95. The third-order valence-corrected chi connectivity index (χ3v) is 9.59. The van der Waals surface area contributed by atoms with Crippen LogP contribution < -0.4 is 5.32 Å². The molecule has 5 atom stereocenters. The number of nitrogens with zero attached hydrogens (tertiary/aromatic N) is 3. The molecule has 5 N–H and O–H groups in total. The lowest BCUT2D eigenvalue weighted by molar-refractivity contribution is -0.0288. The smallest absolute Gasteiger partial charge is 0.340 e. The first-order valence-corrected chi connectivity index (χ1v) is 14.6. The minimum Gasteiger partial charge on any atom is -0.387 e. The SMILES string of the molecule is CC(Nc1nc(Cl)nc2c1ccn2[C@@H]1O[C@H](CS(=O)(=O)CP(=O)(O)O)[C@@H](O)[C@H]1O)c1ccc(F)cc1. The molecular weight excluding hydrogens is 542 g/mol. The number of aromatic nitrogens is 3. The number of ether oxygens (including phenoxy) is 1. The zero-order valence-electron chi connectivity index (χ0n) is 18.6. The van der Waals surface area contributed by atoms with Crippen molar-refractivity contribution in [2.75, 3.05) is 16.6 Å². The number of anilines is 1. The molecule has 196 valence electrons. The second-order valence-electron chi connectivity index (χ2n) is 8.47. The number of rotatable bonds is 8. The summed E-state index contributed by atoms with van der Waals surface area (Å²) in [6.45, 7) is 1.83. The van der Waals surface area contributed by atoms with Gasteiger partial charge < -0.3 is 34.6 Å². The van der Waals surface area contributed by atoms with E-state index in [0.717, 1.165) is 5.56 Å². The summed E-state index contributed by atoms with van der Waals surface area (Å²) < 4.78 is 55.6. The monoisotopic (exact) mass is 564 g/mol. The number of nitrogens with one attached hydrogen (secondary N) is 1. The van der Waals surface area contributed by atoms with Crippen LogP contribution in [0.3, 0.4) is 0 Å². The minimum atomic E-state index is -4.87. The average molecular weight is 565 g/mol. The van der Waals surface area contributed by atoms with Gasteiger partial charge >= 0.3 is 7.60 Å². The van der Waals surface area contributed by atoms with Crippen molar-refractivity contribution in [1.82, 2.24) is 14.5 Å². The highest BCUT2D eigenvalue weighted by Gasteiger charge is 2.46. The molecule has 3 heterocycles. The van der Waals surface area contributed by atoms with Crippen molar-refractivity contribution in [2.24, 2.45) is 0 Å². The van der Waals surface area contributed by atoms with Gasteiger partial charge in [-0.3, -0.25) is 4.57 Å². The summed E-state index contributed by atoms with van der Waals surface area (Å²) in [5.74, 6) is -0.959. The van der Waals surface area contributed by atoms with Crippen LogP contribution in [0.4, 0.5) is 10.2 Å². The fourth-order valence-corrected chi connectivity index (χ4v) is 7.43. The predicted octanol–water partition coefficient (Wildman–Crippen LogP) is 1.57. The molecule has 0 aliphatic carbocycles. The third kappa shape index (κ3) is 5.87. The Morgan fingerprint density at radius 3 is 2.50 bits per heavy atom. The number of hydrogen-bond donors (Lipinski definition) is 5. The summed E-state index contributed by atoms with van der Waals surface area (Å²) in [5.41, 5.74) is -0.432. The van der Waals surface area contributed by atoms with Crippen LogP contribution >= 0.6 is 19.2 Å². The Hall–Kier alpha value is -2.16. The summed E-state index contributed by atoms with van der Waals surface area (Å²) >= 11 is 6.12. The van der Waals surface area contributed by atoms with Crippen LogP contribution in [-0.2, 0) is 19.1 Å². The molecule has 4 rings (SSSR count). The molecule has 1 unspecified atom stereocenters. The highest BCUT2D eigenvalue weighted by molar-refractivity contribution is 7.97. The topological polar surface area (TPSA) is 184 Å². The zero-order valence-corrected chi connectivity index (χ0v) is 21.1. The molecule has 1 saturated heterocycles. The van der Waals surface area contributed by atoms with E-state index in [0.29, 0.717) is 11.2 Å². The molecule has 1 aromatic carbocycles. The van der Waals surface area contributed by atoms with E-state index in [2.05, 4.69) is 15.3 Å². The molecule has 2 aromatic heterocycles. The Morgan fingerprint density at radius 1 is 1.19 bits per heavy atom. The van der Waals surface area contributed by atoms with Gasteiger partial charge in [0.15, 0.2) is 21.6 Å². The Balaban J connectivity index is 1.61. The van der Waals surface area contributed by atoms with Crippen LogP contribution in [0, 0.1) is 5.82 Å². The lowest BCUT2D eigenvalue weighted by atomic mass is 10.1. The number of fused-ring (bicyclic) bond motifs is 1. The van der Waals surface area contributed by atoms with Gasteiger partial charge in [-0.25, -0.2) is 17.8 Å². The van der Waals surface area contributed by atoms with Gasteiger partial charge in [0.05, 0.1) is 11.1 Å². The lowest BCUT2D eigenvalue weighted by Gasteiger charge is -2.19. The fraction of sp³-hybridized carbons (Fsp3) is 0.400. The maximum absolute atomic E-state index is 13.3. The fourth-order valence-electron chi connectivity index (χ4n) is 4.02. The van der Waals surface area contributed by atoms with Crippen molar-refractivity contribution < 1.29 is 42.1 Å². The van der Waals surface area contributed by atoms with Crippen LogP contribution in [0.5, 0.6) is 0 Å². The summed E-state index contributed by atoms with van der Waals surface area (Å²) in [7, 11) is -9.19. The van der Waals surface area contributed by atoms with Gasteiger partial charge in [0, 0.05) is 12.2 Å². The highest BCUT2D eigenvalue weighted by Crippen LogP contribution is 2.39. The van der Waals surface area contributed by atoms with E-state index in [1.54, 1.807) is 18.2 Å². The number of aliphatic hydroxyl groups is 2. The number of aliphatic hydroxyl groups excluding tert-OH is 2. The van der Waals surface area contributed by atoms with Crippen molar-refractivity contribution in [3.05, 3.63) is 53.2 Å². The number of sulfone groups is 1. The molecule has 0 amide bonds. The molecule has 0 saturated carbocycles. The Labute approximate surface area is 209 Å².